The molecule has 6 nitrogen and oxygen atoms in total. The Labute approximate surface area is 106 Å². The lowest BCUT2D eigenvalue weighted by atomic mass is 10.0. The molecule has 0 aromatic heterocycles. The molecule has 2 atom stereocenters. The van der Waals surface area contributed by atoms with Gasteiger partial charge in [-0.25, -0.2) is 4.79 Å². The van der Waals surface area contributed by atoms with Crippen LogP contribution in [-0.4, -0.2) is 42.9 Å². The summed E-state index contributed by atoms with van der Waals surface area (Å²) in [6.45, 7) is 1.12. The number of carbonyl (C=O) groups is 2. The second kappa shape index (κ2) is 6.04. The van der Waals surface area contributed by atoms with Crippen LogP contribution < -0.4 is 10.6 Å². The molecule has 2 fully saturated rings. The van der Waals surface area contributed by atoms with Gasteiger partial charge in [-0.3, -0.25) is 4.79 Å². The zero-order chi connectivity index (χ0) is 13.0. The fourth-order valence-corrected chi connectivity index (χ4v) is 2.61. The van der Waals surface area contributed by atoms with E-state index in [1.807, 2.05) is 0 Å². The summed E-state index contributed by atoms with van der Waals surface area (Å²) >= 11 is 0. The van der Waals surface area contributed by atoms with Crippen molar-refractivity contribution in [3.8, 4) is 0 Å². The van der Waals surface area contributed by atoms with Gasteiger partial charge >= 0.3 is 12.0 Å². The van der Waals surface area contributed by atoms with Crippen LogP contribution in [0.3, 0.4) is 0 Å². The van der Waals surface area contributed by atoms with Crippen LogP contribution in [0, 0.1) is 11.8 Å². The highest BCUT2D eigenvalue weighted by molar-refractivity contribution is 5.77. The van der Waals surface area contributed by atoms with Crippen molar-refractivity contribution in [1.82, 2.24) is 10.6 Å². The van der Waals surface area contributed by atoms with Gasteiger partial charge in [0.1, 0.15) is 5.92 Å². The lowest BCUT2D eigenvalue weighted by Gasteiger charge is -2.17. The molecular weight excluding hydrogens is 236 g/mol. The maximum Gasteiger partial charge on any atom is 0.315 e. The number of aliphatic carboxylic acids is 1. The van der Waals surface area contributed by atoms with Gasteiger partial charge in [-0.2, -0.15) is 0 Å². The van der Waals surface area contributed by atoms with Gasteiger partial charge in [0.05, 0.1) is 19.3 Å². The number of carboxylic acid groups (broad SMARTS) is 1. The van der Waals surface area contributed by atoms with Gasteiger partial charge in [-0.1, -0.05) is 12.8 Å². The number of amides is 2. The van der Waals surface area contributed by atoms with E-state index in [4.69, 9.17) is 9.84 Å². The van der Waals surface area contributed by atoms with Gasteiger partial charge in [0.15, 0.2) is 0 Å². The summed E-state index contributed by atoms with van der Waals surface area (Å²) in [6, 6.07) is -0.713. The SMILES string of the molecule is O=C(NCC1CCCC1)NC1COCC1C(=O)O. The van der Waals surface area contributed by atoms with Crippen LogP contribution in [0.1, 0.15) is 25.7 Å². The number of carboxylic acids is 1. The largest absolute Gasteiger partial charge is 0.481 e. The Hall–Kier alpha value is -1.30. The first-order chi connectivity index (χ1) is 8.66. The van der Waals surface area contributed by atoms with Crippen molar-refractivity contribution in [2.75, 3.05) is 19.8 Å². The van der Waals surface area contributed by atoms with Gasteiger partial charge in [-0.15, -0.1) is 0 Å². The van der Waals surface area contributed by atoms with Crippen LogP contribution in [0.25, 0.3) is 0 Å². The number of nitrogens with one attached hydrogen (secondary N) is 2. The van der Waals surface area contributed by atoms with Crippen LogP contribution >= 0.6 is 0 Å². The third-order valence-electron chi connectivity index (χ3n) is 3.74. The maximum absolute atomic E-state index is 11.7. The van der Waals surface area contributed by atoms with Gasteiger partial charge in [0, 0.05) is 6.54 Å². The molecule has 2 rings (SSSR count). The first kappa shape index (κ1) is 13.1. The fourth-order valence-electron chi connectivity index (χ4n) is 2.61. The summed E-state index contributed by atoms with van der Waals surface area (Å²) in [6.07, 6.45) is 4.83. The van der Waals surface area contributed by atoms with E-state index in [1.54, 1.807) is 0 Å². The van der Waals surface area contributed by atoms with Gasteiger partial charge in [0.2, 0.25) is 0 Å². The van der Waals surface area contributed by atoms with Crippen molar-refractivity contribution in [1.29, 1.82) is 0 Å². The van der Waals surface area contributed by atoms with Crippen molar-refractivity contribution in [2.24, 2.45) is 11.8 Å². The molecule has 0 aromatic carbocycles. The summed E-state index contributed by atoms with van der Waals surface area (Å²) in [4.78, 5) is 22.6. The topological polar surface area (TPSA) is 87.7 Å². The Bertz CT molecular complexity index is 315. The molecule has 2 amide bonds. The molecule has 1 saturated carbocycles. The molecule has 0 radical (unpaired) electrons. The highest BCUT2D eigenvalue weighted by Gasteiger charge is 2.35. The lowest BCUT2D eigenvalue weighted by molar-refractivity contribution is -0.142. The number of ether oxygens (including phenoxy) is 1. The Morgan fingerprint density at radius 1 is 1.22 bits per heavy atom. The number of hydrogen-bond donors (Lipinski definition) is 3. The predicted octanol–water partition coefficient (Wildman–Crippen LogP) is 0.575. The smallest absolute Gasteiger partial charge is 0.315 e. The highest BCUT2D eigenvalue weighted by Crippen LogP contribution is 2.23. The molecule has 3 N–H and O–H groups in total. The van der Waals surface area contributed by atoms with E-state index in [0.29, 0.717) is 12.5 Å². The quantitative estimate of drug-likeness (QED) is 0.686. The van der Waals surface area contributed by atoms with E-state index >= 15 is 0 Å². The summed E-state index contributed by atoms with van der Waals surface area (Å²) in [5, 5.41) is 14.4. The van der Waals surface area contributed by atoms with Crippen molar-refractivity contribution < 1.29 is 19.4 Å². The Balaban J connectivity index is 1.71. The average Bonchev–Trinajstić information content (AvgIpc) is 2.96. The predicted molar refractivity (Wildman–Crippen MR) is 64.2 cm³/mol. The molecule has 1 aliphatic heterocycles. The number of hydrogen-bond acceptors (Lipinski definition) is 3. The molecule has 0 aromatic rings. The molecule has 1 saturated heterocycles. The second-order valence-electron chi connectivity index (χ2n) is 5.09. The molecule has 0 bridgehead atoms. The molecule has 102 valence electrons. The monoisotopic (exact) mass is 256 g/mol. The van der Waals surface area contributed by atoms with Crippen LogP contribution in [0.4, 0.5) is 4.79 Å². The van der Waals surface area contributed by atoms with E-state index < -0.39 is 17.9 Å². The normalized spacial score (nSPS) is 28.2. The van der Waals surface area contributed by atoms with Gasteiger partial charge in [-0.05, 0) is 18.8 Å². The standard InChI is InChI=1S/C12H20N2O4/c15-11(16)9-6-18-7-10(9)14-12(17)13-5-8-3-1-2-4-8/h8-10H,1-7H2,(H,15,16)(H2,13,14,17). The third-order valence-corrected chi connectivity index (χ3v) is 3.74. The fraction of sp³-hybridized carbons (Fsp3) is 0.833. The molecule has 0 spiro atoms. The maximum atomic E-state index is 11.7. The van der Waals surface area contributed by atoms with E-state index in [1.165, 1.54) is 25.7 Å². The molecule has 18 heavy (non-hydrogen) atoms. The van der Waals surface area contributed by atoms with E-state index in [2.05, 4.69) is 10.6 Å². The molecular formula is C12H20N2O4. The Morgan fingerprint density at radius 2 is 1.94 bits per heavy atom. The number of rotatable bonds is 4. The molecule has 2 unspecified atom stereocenters. The van der Waals surface area contributed by atoms with Crippen LogP contribution in [0.15, 0.2) is 0 Å². The third kappa shape index (κ3) is 3.35. The second-order valence-corrected chi connectivity index (χ2v) is 5.09. The molecule has 2 aliphatic rings. The highest BCUT2D eigenvalue weighted by atomic mass is 16.5. The Morgan fingerprint density at radius 3 is 2.61 bits per heavy atom. The lowest BCUT2D eigenvalue weighted by Crippen LogP contribution is -2.48. The summed E-state index contributed by atoms with van der Waals surface area (Å²) in [7, 11) is 0. The van der Waals surface area contributed by atoms with Crippen molar-refractivity contribution >= 4 is 12.0 Å². The van der Waals surface area contributed by atoms with E-state index in [0.717, 1.165) is 0 Å². The number of urea groups is 1. The van der Waals surface area contributed by atoms with Gasteiger partial charge < -0.3 is 20.5 Å². The molecule has 1 heterocycles. The van der Waals surface area contributed by atoms with Gasteiger partial charge in [0.25, 0.3) is 0 Å². The minimum atomic E-state index is -0.923. The Kier molecular flexibility index (Phi) is 4.41. The summed E-state index contributed by atoms with van der Waals surface area (Å²) in [5.41, 5.74) is 0. The first-order valence-electron chi connectivity index (χ1n) is 6.51. The number of carbonyl (C=O) groups excluding carboxylic acids is 1. The minimum Gasteiger partial charge on any atom is -0.481 e. The van der Waals surface area contributed by atoms with Crippen LogP contribution in [-0.2, 0) is 9.53 Å². The van der Waals surface area contributed by atoms with Crippen molar-refractivity contribution in [3.63, 3.8) is 0 Å². The van der Waals surface area contributed by atoms with Crippen molar-refractivity contribution in [2.45, 2.75) is 31.7 Å². The summed E-state index contributed by atoms with van der Waals surface area (Å²) in [5.74, 6) is -0.985. The van der Waals surface area contributed by atoms with E-state index in [-0.39, 0.29) is 19.2 Å². The zero-order valence-electron chi connectivity index (χ0n) is 10.4. The average molecular weight is 256 g/mol. The molecule has 1 aliphatic carbocycles. The van der Waals surface area contributed by atoms with Crippen molar-refractivity contribution in [3.05, 3.63) is 0 Å². The van der Waals surface area contributed by atoms with Crippen LogP contribution in [0.5, 0.6) is 0 Å². The van der Waals surface area contributed by atoms with E-state index in [9.17, 15) is 9.59 Å². The summed E-state index contributed by atoms with van der Waals surface area (Å²) < 4.78 is 5.09. The minimum absolute atomic E-state index is 0.170. The zero-order valence-corrected chi connectivity index (χ0v) is 10.4. The molecule has 6 heteroatoms. The first-order valence-corrected chi connectivity index (χ1v) is 6.51. The van der Waals surface area contributed by atoms with Crippen LogP contribution in [0.2, 0.25) is 0 Å².